The number of hydrogen-bond donors (Lipinski definition) is 1. The van der Waals surface area contributed by atoms with Gasteiger partial charge < -0.3 is 5.32 Å². The monoisotopic (exact) mass is 323 g/mol. The highest BCUT2D eigenvalue weighted by molar-refractivity contribution is 5.79. The third kappa shape index (κ3) is 3.10. The minimum absolute atomic E-state index is 0.145. The van der Waals surface area contributed by atoms with Gasteiger partial charge in [0.25, 0.3) is 0 Å². The molecule has 4 rings (SSSR count). The summed E-state index contributed by atoms with van der Waals surface area (Å²) in [4.78, 5) is 12.5. The second-order valence-corrected chi connectivity index (χ2v) is 7.12. The zero-order valence-electron chi connectivity index (χ0n) is 14.1. The van der Waals surface area contributed by atoms with E-state index in [0.29, 0.717) is 0 Å². The minimum atomic E-state index is 0.145. The van der Waals surface area contributed by atoms with Crippen LogP contribution < -0.4 is 5.32 Å². The summed E-state index contributed by atoms with van der Waals surface area (Å²) in [7, 11) is 0. The number of benzene rings is 1. The lowest BCUT2D eigenvalue weighted by Crippen LogP contribution is -2.34. The molecule has 2 aliphatic carbocycles. The molecule has 0 aliphatic heterocycles. The van der Waals surface area contributed by atoms with Crippen LogP contribution in [0.3, 0.4) is 0 Å². The largest absolute Gasteiger partial charge is 0.349 e. The number of carbonyl (C=O) groups is 1. The Hall–Kier alpha value is -2.10. The topological polar surface area (TPSA) is 46.9 Å². The van der Waals surface area contributed by atoms with Crippen molar-refractivity contribution >= 4 is 5.91 Å². The van der Waals surface area contributed by atoms with Crippen LogP contribution in [0.25, 0.3) is 0 Å². The third-order valence-corrected chi connectivity index (χ3v) is 5.48. The van der Waals surface area contributed by atoms with Crippen LogP contribution in [0.15, 0.2) is 36.5 Å². The van der Waals surface area contributed by atoms with E-state index in [1.54, 1.807) is 0 Å². The summed E-state index contributed by atoms with van der Waals surface area (Å²) in [5.41, 5.74) is 3.78. The maximum Gasteiger partial charge on any atom is 0.223 e. The van der Waals surface area contributed by atoms with Gasteiger partial charge in [-0.25, -0.2) is 0 Å². The molecule has 2 aromatic rings. The first-order chi connectivity index (χ1) is 11.8. The second-order valence-electron chi connectivity index (χ2n) is 7.12. The summed E-state index contributed by atoms with van der Waals surface area (Å²) < 4.78 is 2.11. The van der Waals surface area contributed by atoms with Gasteiger partial charge in [-0.15, -0.1) is 0 Å². The van der Waals surface area contributed by atoms with Crippen LogP contribution in [0.5, 0.6) is 0 Å². The number of amides is 1. The minimum Gasteiger partial charge on any atom is -0.349 e. The van der Waals surface area contributed by atoms with Crippen molar-refractivity contribution in [3.8, 4) is 0 Å². The summed E-state index contributed by atoms with van der Waals surface area (Å²) in [6, 6.07) is 10.6. The molecule has 0 radical (unpaired) electrons. The average Bonchev–Trinajstić information content (AvgIpc) is 3.27. The van der Waals surface area contributed by atoms with E-state index in [0.717, 1.165) is 38.6 Å². The number of hydrogen-bond acceptors (Lipinski definition) is 2. The Morgan fingerprint density at radius 2 is 1.92 bits per heavy atom. The van der Waals surface area contributed by atoms with Crippen molar-refractivity contribution in [1.82, 2.24) is 15.1 Å². The van der Waals surface area contributed by atoms with Crippen molar-refractivity contribution in [3.05, 3.63) is 53.3 Å². The molecule has 1 unspecified atom stereocenters. The van der Waals surface area contributed by atoms with E-state index in [-0.39, 0.29) is 17.9 Å². The van der Waals surface area contributed by atoms with E-state index in [1.807, 2.05) is 12.3 Å². The SMILES string of the molecule is O=C(NC1CCCc2c1cnn2Cc1ccccc1)C1CCCC1. The van der Waals surface area contributed by atoms with E-state index >= 15 is 0 Å². The van der Waals surface area contributed by atoms with Gasteiger partial charge in [0.1, 0.15) is 0 Å². The molecule has 24 heavy (non-hydrogen) atoms. The molecule has 1 aromatic carbocycles. The van der Waals surface area contributed by atoms with Gasteiger partial charge in [0, 0.05) is 17.2 Å². The zero-order valence-corrected chi connectivity index (χ0v) is 14.1. The fraction of sp³-hybridized carbons (Fsp3) is 0.500. The quantitative estimate of drug-likeness (QED) is 0.934. The summed E-state index contributed by atoms with van der Waals surface area (Å²) in [6.07, 6.45) is 9.67. The number of carbonyl (C=O) groups excluding carboxylic acids is 1. The molecule has 0 spiro atoms. The van der Waals surface area contributed by atoms with Crippen molar-refractivity contribution in [1.29, 1.82) is 0 Å². The molecule has 1 saturated carbocycles. The first kappa shape index (κ1) is 15.4. The Balaban J connectivity index is 1.50. The Kier molecular flexibility index (Phi) is 4.37. The normalized spacial score (nSPS) is 20.8. The van der Waals surface area contributed by atoms with Gasteiger partial charge in [-0.1, -0.05) is 43.2 Å². The van der Waals surface area contributed by atoms with Crippen LogP contribution in [-0.4, -0.2) is 15.7 Å². The first-order valence-corrected chi connectivity index (χ1v) is 9.20. The first-order valence-electron chi connectivity index (χ1n) is 9.20. The van der Waals surface area contributed by atoms with Gasteiger partial charge >= 0.3 is 0 Å². The van der Waals surface area contributed by atoms with E-state index < -0.39 is 0 Å². The number of nitrogens with one attached hydrogen (secondary N) is 1. The van der Waals surface area contributed by atoms with Crippen molar-refractivity contribution in [2.45, 2.75) is 57.5 Å². The summed E-state index contributed by atoms with van der Waals surface area (Å²) in [5, 5.41) is 7.92. The van der Waals surface area contributed by atoms with Crippen LogP contribution in [0.1, 0.15) is 61.4 Å². The number of rotatable bonds is 4. The van der Waals surface area contributed by atoms with Gasteiger partial charge in [-0.3, -0.25) is 9.48 Å². The van der Waals surface area contributed by atoms with Gasteiger partial charge in [0.2, 0.25) is 5.91 Å². The van der Waals surface area contributed by atoms with E-state index in [9.17, 15) is 4.79 Å². The second kappa shape index (κ2) is 6.80. The molecule has 4 heteroatoms. The van der Waals surface area contributed by atoms with Crippen molar-refractivity contribution < 1.29 is 4.79 Å². The molecule has 0 saturated heterocycles. The molecule has 4 nitrogen and oxygen atoms in total. The summed E-state index contributed by atoms with van der Waals surface area (Å²) in [6.45, 7) is 0.805. The van der Waals surface area contributed by atoms with Crippen LogP contribution in [0.2, 0.25) is 0 Å². The van der Waals surface area contributed by atoms with Gasteiger partial charge in [0.15, 0.2) is 0 Å². The van der Waals surface area contributed by atoms with E-state index in [2.05, 4.69) is 39.4 Å². The Bertz CT molecular complexity index is 701. The van der Waals surface area contributed by atoms with Crippen LogP contribution >= 0.6 is 0 Å². The molecule has 1 heterocycles. The lowest BCUT2D eigenvalue weighted by atomic mass is 9.92. The third-order valence-electron chi connectivity index (χ3n) is 5.48. The molecule has 1 N–H and O–H groups in total. The van der Waals surface area contributed by atoms with Crippen LogP contribution in [0.4, 0.5) is 0 Å². The highest BCUT2D eigenvalue weighted by Gasteiger charge is 2.29. The smallest absolute Gasteiger partial charge is 0.223 e. The molecule has 0 bridgehead atoms. The van der Waals surface area contributed by atoms with Crippen molar-refractivity contribution in [3.63, 3.8) is 0 Å². The number of nitrogens with zero attached hydrogens (tertiary/aromatic N) is 2. The highest BCUT2D eigenvalue weighted by atomic mass is 16.1. The molecule has 126 valence electrons. The molecule has 1 aromatic heterocycles. The predicted molar refractivity (Wildman–Crippen MR) is 93.6 cm³/mol. The summed E-state index contributed by atoms with van der Waals surface area (Å²) >= 11 is 0. The van der Waals surface area contributed by atoms with Gasteiger partial charge in [-0.05, 0) is 37.7 Å². The fourth-order valence-corrected chi connectivity index (χ4v) is 4.14. The van der Waals surface area contributed by atoms with E-state index in [4.69, 9.17) is 0 Å². The van der Waals surface area contributed by atoms with Gasteiger partial charge in [0.05, 0.1) is 18.8 Å². The Morgan fingerprint density at radius 3 is 2.71 bits per heavy atom. The number of aromatic nitrogens is 2. The zero-order chi connectivity index (χ0) is 16.4. The highest BCUT2D eigenvalue weighted by Crippen LogP contribution is 2.32. The van der Waals surface area contributed by atoms with Crippen molar-refractivity contribution in [2.75, 3.05) is 0 Å². The number of fused-ring (bicyclic) bond motifs is 1. The predicted octanol–water partition coefficient (Wildman–Crippen LogP) is 3.62. The summed E-state index contributed by atoms with van der Waals surface area (Å²) in [5.74, 6) is 0.482. The van der Waals surface area contributed by atoms with Crippen molar-refractivity contribution in [2.24, 2.45) is 5.92 Å². The lowest BCUT2D eigenvalue weighted by molar-refractivity contribution is -0.125. The molecule has 1 atom stereocenters. The fourth-order valence-electron chi connectivity index (χ4n) is 4.14. The molecular formula is C20H25N3O. The standard InChI is InChI=1S/C20H25N3O/c24-20(16-9-4-5-10-16)22-18-11-6-12-19-17(18)13-21-23(19)14-15-7-2-1-3-8-15/h1-3,7-8,13,16,18H,4-6,9-12,14H2,(H,22,24). The van der Waals surface area contributed by atoms with Crippen LogP contribution in [-0.2, 0) is 17.8 Å². The Morgan fingerprint density at radius 1 is 1.12 bits per heavy atom. The molecule has 2 aliphatic rings. The molecular weight excluding hydrogens is 298 g/mol. The maximum atomic E-state index is 12.5. The van der Waals surface area contributed by atoms with E-state index in [1.165, 1.54) is 29.7 Å². The maximum absolute atomic E-state index is 12.5. The molecule has 1 amide bonds. The average molecular weight is 323 g/mol. The lowest BCUT2D eigenvalue weighted by Gasteiger charge is -2.25. The Labute approximate surface area is 143 Å². The van der Waals surface area contributed by atoms with Gasteiger partial charge in [-0.2, -0.15) is 5.10 Å². The molecule has 1 fully saturated rings. The van der Waals surface area contributed by atoms with Crippen LogP contribution in [0, 0.1) is 5.92 Å².